The van der Waals surface area contributed by atoms with E-state index < -0.39 is 0 Å². The average Bonchev–Trinajstić information content (AvgIpc) is 2.96. The zero-order chi connectivity index (χ0) is 13.5. The molecule has 1 aromatic carbocycles. The third kappa shape index (κ3) is 5.00. The highest BCUT2D eigenvalue weighted by molar-refractivity contribution is 5.94. The number of ether oxygens (including phenoxy) is 2. The van der Waals surface area contributed by atoms with E-state index in [0.29, 0.717) is 25.3 Å². The summed E-state index contributed by atoms with van der Waals surface area (Å²) < 4.78 is 11.1. The van der Waals surface area contributed by atoms with Crippen LogP contribution in [0.15, 0.2) is 24.3 Å². The second-order valence-electron chi connectivity index (χ2n) is 4.51. The van der Waals surface area contributed by atoms with Crippen LogP contribution >= 0.6 is 12.4 Å². The van der Waals surface area contributed by atoms with Crippen LogP contribution in [0.1, 0.15) is 23.2 Å². The molecule has 1 heterocycles. The summed E-state index contributed by atoms with van der Waals surface area (Å²) >= 11 is 0. The van der Waals surface area contributed by atoms with Crippen LogP contribution in [0.4, 0.5) is 0 Å². The number of benzene rings is 1. The van der Waals surface area contributed by atoms with E-state index in [2.05, 4.69) is 5.32 Å². The quantitative estimate of drug-likeness (QED) is 0.832. The summed E-state index contributed by atoms with van der Waals surface area (Å²) in [6.45, 7) is 2.32. The number of amides is 1. The number of carbonyl (C=O) groups is 1. The van der Waals surface area contributed by atoms with Gasteiger partial charge in [0.2, 0.25) is 0 Å². The van der Waals surface area contributed by atoms with Crippen LogP contribution in [-0.4, -0.2) is 38.3 Å². The molecule has 1 amide bonds. The highest BCUT2D eigenvalue weighted by Crippen LogP contribution is 2.16. The van der Waals surface area contributed by atoms with Gasteiger partial charge in [0.15, 0.2) is 0 Å². The number of carbonyl (C=O) groups excluding carboxylic acids is 1. The average molecular weight is 301 g/mol. The van der Waals surface area contributed by atoms with Gasteiger partial charge in [-0.1, -0.05) is 0 Å². The molecule has 0 aliphatic carbocycles. The van der Waals surface area contributed by atoms with Gasteiger partial charge in [0.1, 0.15) is 12.4 Å². The van der Waals surface area contributed by atoms with Gasteiger partial charge in [-0.25, -0.2) is 0 Å². The number of nitrogens with one attached hydrogen (secondary N) is 1. The number of rotatable bonds is 6. The Balaban J connectivity index is 0.00000200. The number of nitrogens with two attached hydrogens (primary N) is 1. The van der Waals surface area contributed by atoms with E-state index in [4.69, 9.17) is 15.2 Å². The molecule has 1 aromatic rings. The van der Waals surface area contributed by atoms with E-state index in [1.807, 2.05) is 0 Å². The lowest BCUT2D eigenvalue weighted by Gasteiger charge is -2.11. The van der Waals surface area contributed by atoms with E-state index >= 15 is 0 Å². The highest BCUT2D eigenvalue weighted by atomic mass is 35.5. The predicted molar refractivity (Wildman–Crippen MR) is 79.5 cm³/mol. The van der Waals surface area contributed by atoms with E-state index in [-0.39, 0.29) is 24.4 Å². The molecular formula is C14H21ClN2O3. The van der Waals surface area contributed by atoms with E-state index in [0.717, 1.165) is 25.2 Å². The highest BCUT2D eigenvalue weighted by Gasteiger charge is 2.16. The summed E-state index contributed by atoms with van der Waals surface area (Å²) in [5.41, 5.74) is 5.94. The third-order valence-corrected chi connectivity index (χ3v) is 3.01. The second kappa shape index (κ2) is 8.79. The summed E-state index contributed by atoms with van der Waals surface area (Å²) in [7, 11) is 0. The maximum atomic E-state index is 11.7. The Morgan fingerprint density at radius 3 is 2.75 bits per heavy atom. The van der Waals surface area contributed by atoms with Crippen LogP contribution in [0.5, 0.6) is 5.75 Å². The minimum absolute atomic E-state index is 0. The first kappa shape index (κ1) is 16.8. The fraction of sp³-hybridized carbons (Fsp3) is 0.500. The molecule has 1 aliphatic rings. The third-order valence-electron chi connectivity index (χ3n) is 3.01. The molecule has 1 atom stereocenters. The lowest BCUT2D eigenvalue weighted by atomic mass is 10.2. The van der Waals surface area contributed by atoms with Crippen LogP contribution in [0.2, 0.25) is 0 Å². The molecular weight excluding hydrogens is 280 g/mol. The normalized spacial score (nSPS) is 17.4. The largest absolute Gasteiger partial charge is 0.491 e. The molecule has 3 N–H and O–H groups in total. The smallest absolute Gasteiger partial charge is 0.251 e. The van der Waals surface area contributed by atoms with Crippen molar-refractivity contribution in [1.29, 1.82) is 0 Å². The van der Waals surface area contributed by atoms with Crippen molar-refractivity contribution in [3.8, 4) is 5.75 Å². The molecule has 1 saturated heterocycles. The van der Waals surface area contributed by atoms with Crippen molar-refractivity contribution in [1.82, 2.24) is 5.32 Å². The van der Waals surface area contributed by atoms with Gasteiger partial charge in [-0.05, 0) is 37.1 Å². The zero-order valence-corrected chi connectivity index (χ0v) is 12.2. The number of hydrogen-bond donors (Lipinski definition) is 2. The fourth-order valence-electron chi connectivity index (χ4n) is 1.96. The topological polar surface area (TPSA) is 73.6 Å². The van der Waals surface area contributed by atoms with Crippen molar-refractivity contribution in [2.75, 3.05) is 26.3 Å². The summed E-state index contributed by atoms with van der Waals surface area (Å²) in [6, 6.07) is 7.09. The lowest BCUT2D eigenvalue weighted by Crippen LogP contribution is -2.28. The van der Waals surface area contributed by atoms with Crippen molar-refractivity contribution in [2.45, 2.75) is 18.9 Å². The van der Waals surface area contributed by atoms with Crippen LogP contribution in [0.25, 0.3) is 0 Å². The van der Waals surface area contributed by atoms with Crippen LogP contribution < -0.4 is 15.8 Å². The van der Waals surface area contributed by atoms with Gasteiger partial charge in [0, 0.05) is 25.3 Å². The van der Waals surface area contributed by atoms with Crippen LogP contribution in [0, 0.1) is 0 Å². The Labute approximate surface area is 125 Å². The molecule has 1 unspecified atom stereocenters. The first-order chi connectivity index (χ1) is 9.29. The molecule has 20 heavy (non-hydrogen) atoms. The summed E-state index contributed by atoms with van der Waals surface area (Å²) in [4.78, 5) is 11.7. The van der Waals surface area contributed by atoms with Crippen molar-refractivity contribution < 1.29 is 14.3 Å². The molecule has 1 aliphatic heterocycles. The zero-order valence-electron chi connectivity index (χ0n) is 11.3. The molecule has 0 radical (unpaired) electrons. The first-order valence-corrected chi connectivity index (χ1v) is 6.62. The van der Waals surface area contributed by atoms with Crippen LogP contribution in [-0.2, 0) is 4.74 Å². The predicted octanol–water partition coefficient (Wildman–Crippen LogP) is 1.35. The minimum Gasteiger partial charge on any atom is -0.491 e. The molecule has 0 saturated carbocycles. The fourth-order valence-corrected chi connectivity index (χ4v) is 1.96. The molecule has 0 aromatic heterocycles. The number of hydrogen-bond acceptors (Lipinski definition) is 4. The van der Waals surface area contributed by atoms with E-state index in [1.165, 1.54) is 0 Å². The minimum atomic E-state index is -0.115. The van der Waals surface area contributed by atoms with Gasteiger partial charge in [-0.3, -0.25) is 4.79 Å². The maximum absolute atomic E-state index is 11.7. The summed E-state index contributed by atoms with van der Waals surface area (Å²) in [5, 5.41) is 2.72. The molecule has 5 nitrogen and oxygen atoms in total. The lowest BCUT2D eigenvalue weighted by molar-refractivity contribution is 0.0679. The monoisotopic (exact) mass is 300 g/mol. The molecule has 0 spiro atoms. The molecule has 6 heteroatoms. The van der Waals surface area contributed by atoms with Gasteiger partial charge in [0.05, 0.1) is 6.10 Å². The van der Waals surface area contributed by atoms with E-state index in [1.54, 1.807) is 24.3 Å². The van der Waals surface area contributed by atoms with Crippen molar-refractivity contribution in [2.24, 2.45) is 5.73 Å². The Kier molecular flexibility index (Phi) is 7.36. The first-order valence-electron chi connectivity index (χ1n) is 6.62. The van der Waals surface area contributed by atoms with Gasteiger partial charge >= 0.3 is 0 Å². The van der Waals surface area contributed by atoms with Crippen molar-refractivity contribution in [3.63, 3.8) is 0 Å². The second-order valence-corrected chi connectivity index (χ2v) is 4.51. The van der Waals surface area contributed by atoms with E-state index in [9.17, 15) is 4.79 Å². The van der Waals surface area contributed by atoms with Crippen LogP contribution in [0.3, 0.4) is 0 Å². The van der Waals surface area contributed by atoms with Gasteiger partial charge in [-0.2, -0.15) is 0 Å². The molecule has 1 fully saturated rings. The van der Waals surface area contributed by atoms with Crippen molar-refractivity contribution in [3.05, 3.63) is 29.8 Å². The SMILES string of the molecule is Cl.NCCNC(=O)c1ccc(OCC2CCCO2)cc1. The Morgan fingerprint density at radius 1 is 1.40 bits per heavy atom. The maximum Gasteiger partial charge on any atom is 0.251 e. The summed E-state index contributed by atoms with van der Waals surface area (Å²) in [6.07, 6.45) is 2.36. The summed E-state index contributed by atoms with van der Waals surface area (Å²) in [5.74, 6) is 0.641. The number of halogens is 1. The molecule has 112 valence electrons. The Morgan fingerprint density at radius 2 is 2.15 bits per heavy atom. The Bertz CT molecular complexity index is 405. The Hall–Kier alpha value is -1.30. The molecule has 0 bridgehead atoms. The molecule has 2 rings (SSSR count). The standard InChI is InChI=1S/C14H20N2O3.ClH/c15-7-8-16-14(17)11-3-5-12(6-4-11)19-10-13-2-1-9-18-13;/h3-6,13H,1-2,7-10,15H2,(H,16,17);1H. The van der Waals surface area contributed by atoms with Crippen molar-refractivity contribution >= 4 is 18.3 Å². The van der Waals surface area contributed by atoms with Gasteiger partial charge < -0.3 is 20.5 Å². The van der Waals surface area contributed by atoms with Gasteiger partial charge in [-0.15, -0.1) is 12.4 Å². The van der Waals surface area contributed by atoms with Gasteiger partial charge in [0.25, 0.3) is 5.91 Å².